The third-order valence-electron chi connectivity index (χ3n) is 5.19. The zero-order valence-electron chi connectivity index (χ0n) is 14.3. The standard InChI is InChI=1S/C18H24N6O/c25-18(20-15-6-1-2-7-15)14-5-3-11-23(13-14)16-8-9-17(22-21-16)24-12-4-10-19-24/h4,8-10,12,14-15H,1-3,5-7,11,13H2,(H,20,25). The first kappa shape index (κ1) is 16.1. The average Bonchev–Trinajstić information content (AvgIpc) is 3.36. The molecule has 3 heterocycles. The van der Waals surface area contributed by atoms with Crippen molar-refractivity contribution in [1.82, 2.24) is 25.3 Å². The molecule has 0 radical (unpaired) electrons. The van der Waals surface area contributed by atoms with Gasteiger partial charge in [-0.05, 0) is 43.9 Å². The van der Waals surface area contributed by atoms with E-state index in [4.69, 9.17) is 0 Å². The molecule has 2 fully saturated rings. The predicted octanol–water partition coefficient (Wildman–Crippen LogP) is 1.94. The van der Waals surface area contributed by atoms with Crippen molar-refractivity contribution in [3.63, 3.8) is 0 Å². The predicted molar refractivity (Wildman–Crippen MR) is 94.5 cm³/mol. The highest BCUT2D eigenvalue weighted by Gasteiger charge is 2.28. The second kappa shape index (κ2) is 7.21. The Morgan fingerprint density at radius 1 is 1.08 bits per heavy atom. The SMILES string of the molecule is O=C(NC1CCCC1)C1CCCN(c2ccc(-n3cccn3)nn2)C1. The van der Waals surface area contributed by atoms with Gasteiger partial charge in [0.25, 0.3) is 0 Å². The number of nitrogens with one attached hydrogen (secondary N) is 1. The van der Waals surface area contributed by atoms with Crippen molar-refractivity contribution in [2.45, 2.75) is 44.6 Å². The lowest BCUT2D eigenvalue weighted by molar-refractivity contribution is -0.125. The summed E-state index contributed by atoms with van der Waals surface area (Å²) in [6.07, 6.45) is 10.2. The number of amides is 1. The molecule has 0 bridgehead atoms. The Morgan fingerprint density at radius 3 is 2.60 bits per heavy atom. The highest BCUT2D eigenvalue weighted by molar-refractivity contribution is 5.79. The van der Waals surface area contributed by atoms with Crippen LogP contribution in [0.25, 0.3) is 5.82 Å². The van der Waals surface area contributed by atoms with Crippen LogP contribution >= 0.6 is 0 Å². The monoisotopic (exact) mass is 340 g/mol. The summed E-state index contributed by atoms with van der Waals surface area (Å²) in [5.41, 5.74) is 0. The van der Waals surface area contributed by atoms with Crippen molar-refractivity contribution in [2.75, 3.05) is 18.0 Å². The molecule has 2 aromatic rings. The Bertz CT molecular complexity index is 693. The molecule has 1 saturated carbocycles. The number of carbonyl (C=O) groups excluding carboxylic acids is 1. The van der Waals surface area contributed by atoms with Gasteiger partial charge in [-0.1, -0.05) is 12.8 Å². The molecule has 0 spiro atoms. The minimum atomic E-state index is 0.0435. The van der Waals surface area contributed by atoms with Crippen LogP contribution in [-0.4, -0.2) is 45.0 Å². The molecule has 2 aromatic heterocycles. The Hall–Kier alpha value is -2.44. The zero-order valence-corrected chi connectivity index (χ0v) is 14.3. The molecule has 132 valence electrons. The van der Waals surface area contributed by atoms with E-state index in [1.807, 2.05) is 24.4 Å². The van der Waals surface area contributed by atoms with E-state index < -0.39 is 0 Å². The second-order valence-electron chi connectivity index (χ2n) is 6.98. The normalized spacial score (nSPS) is 21.4. The summed E-state index contributed by atoms with van der Waals surface area (Å²) < 4.78 is 1.69. The number of aromatic nitrogens is 4. The number of anilines is 1. The molecule has 1 atom stereocenters. The lowest BCUT2D eigenvalue weighted by Gasteiger charge is -2.33. The first-order valence-corrected chi connectivity index (χ1v) is 9.19. The van der Waals surface area contributed by atoms with E-state index in [0.29, 0.717) is 18.4 Å². The number of piperidine rings is 1. The number of hydrogen-bond acceptors (Lipinski definition) is 5. The van der Waals surface area contributed by atoms with Crippen LogP contribution in [0.2, 0.25) is 0 Å². The van der Waals surface area contributed by atoms with Gasteiger partial charge in [-0.15, -0.1) is 10.2 Å². The molecule has 1 unspecified atom stereocenters. The van der Waals surface area contributed by atoms with Gasteiger partial charge in [-0.3, -0.25) is 4.79 Å². The molecule has 1 saturated heterocycles. The molecule has 7 heteroatoms. The summed E-state index contributed by atoms with van der Waals surface area (Å²) in [7, 11) is 0. The van der Waals surface area contributed by atoms with Crippen LogP contribution in [-0.2, 0) is 4.79 Å². The van der Waals surface area contributed by atoms with Gasteiger partial charge in [0.15, 0.2) is 11.6 Å². The second-order valence-corrected chi connectivity index (χ2v) is 6.98. The fraction of sp³-hybridized carbons (Fsp3) is 0.556. The van der Waals surface area contributed by atoms with Crippen molar-refractivity contribution in [3.05, 3.63) is 30.6 Å². The molecule has 25 heavy (non-hydrogen) atoms. The van der Waals surface area contributed by atoms with Crippen molar-refractivity contribution >= 4 is 11.7 Å². The molecule has 4 rings (SSSR count). The summed E-state index contributed by atoms with van der Waals surface area (Å²) in [6, 6.07) is 6.11. The molecular weight excluding hydrogens is 316 g/mol. The quantitative estimate of drug-likeness (QED) is 0.920. The zero-order chi connectivity index (χ0) is 17.1. The number of nitrogens with zero attached hydrogens (tertiary/aromatic N) is 5. The molecular formula is C18H24N6O. The van der Waals surface area contributed by atoms with Gasteiger partial charge < -0.3 is 10.2 Å². The highest BCUT2D eigenvalue weighted by atomic mass is 16.2. The minimum Gasteiger partial charge on any atom is -0.354 e. The largest absolute Gasteiger partial charge is 0.354 e. The summed E-state index contributed by atoms with van der Waals surface area (Å²) in [6.45, 7) is 1.64. The lowest BCUT2D eigenvalue weighted by atomic mass is 9.96. The molecule has 1 aliphatic heterocycles. The number of rotatable bonds is 4. The van der Waals surface area contributed by atoms with Crippen LogP contribution in [0.15, 0.2) is 30.6 Å². The van der Waals surface area contributed by atoms with E-state index in [2.05, 4.69) is 25.5 Å². The topological polar surface area (TPSA) is 75.9 Å². The maximum absolute atomic E-state index is 12.6. The number of carbonyl (C=O) groups is 1. The first-order valence-electron chi connectivity index (χ1n) is 9.19. The molecule has 0 aromatic carbocycles. The maximum atomic E-state index is 12.6. The van der Waals surface area contributed by atoms with E-state index in [-0.39, 0.29) is 11.8 Å². The van der Waals surface area contributed by atoms with Crippen LogP contribution in [0.5, 0.6) is 0 Å². The van der Waals surface area contributed by atoms with Crippen LogP contribution in [0, 0.1) is 5.92 Å². The maximum Gasteiger partial charge on any atom is 0.225 e. The Morgan fingerprint density at radius 2 is 1.88 bits per heavy atom. The van der Waals surface area contributed by atoms with Crippen LogP contribution in [0.3, 0.4) is 0 Å². The van der Waals surface area contributed by atoms with Gasteiger partial charge in [0.05, 0.1) is 5.92 Å². The van der Waals surface area contributed by atoms with E-state index in [0.717, 1.165) is 38.0 Å². The molecule has 1 N–H and O–H groups in total. The fourth-order valence-electron chi connectivity index (χ4n) is 3.80. The lowest BCUT2D eigenvalue weighted by Crippen LogP contribution is -2.45. The van der Waals surface area contributed by atoms with Crippen LogP contribution in [0.1, 0.15) is 38.5 Å². The molecule has 1 aliphatic carbocycles. The summed E-state index contributed by atoms with van der Waals surface area (Å²) in [5, 5.41) is 16.0. The van der Waals surface area contributed by atoms with Crippen molar-refractivity contribution in [3.8, 4) is 5.82 Å². The van der Waals surface area contributed by atoms with Gasteiger partial charge >= 0.3 is 0 Å². The molecule has 7 nitrogen and oxygen atoms in total. The molecule has 1 amide bonds. The average molecular weight is 340 g/mol. The first-order chi connectivity index (χ1) is 12.3. The Labute approximate surface area is 147 Å². The van der Waals surface area contributed by atoms with Gasteiger partial charge in [0.1, 0.15) is 0 Å². The Balaban J connectivity index is 1.39. The third kappa shape index (κ3) is 3.65. The number of hydrogen-bond donors (Lipinski definition) is 1. The Kier molecular flexibility index (Phi) is 4.63. The van der Waals surface area contributed by atoms with Crippen molar-refractivity contribution in [1.29, 1.82) is 0 Å². The van der Waals surface area contributed by atoms with Gasteiger partial charge in [-0.2, -0.15) is 5.10 Å². The third-order valence-corrected chi connectivity index (χ3v) is 5.19. The highest BCUT2D eigenvalue weighted by Crippen LogP contribution is 2.23. The van der Waals surface area contributed by atoms with E-state index in [1.54, 1.807) is 10.9 Å². The minimum absolute atomic E-state index is 0.0435. The summed E-state index contributed by atoms with van der Waals surface area (Å²) >= 11 is 0. The van der Waals surface area contributed by atoms with Gasteiger partial charge in [0.2, 0.25) is 5.91 Å². The summed E-state index contributed by atoms with van der Waals surface area (Å²) in [5.74, 6) is 1.77. The van der Waals surface area contributed by atoms with Gasteiger partial charge in [-0.25, -0.2) is 4.68 Å². The van der Waals surface area contributed by atoms with Crippen molar-refractivity contribution in [2.24, 2.45) is 5.92 Å². The van der Waals surface area contributed by atoms with Crippen LogP contribution < -0.4 is 10.2 Å². The summed E-state index contributed by atoms with van der Waals surface area (Å²) in [4.78, 5) is 14.7. The smallest absolute Gasteiger partial charge is 0.225 e. The van der Waals surface area contributed by atoms with E-state index >= 15 is 0 Å². The van der Waals surface area contributed by atoms with Crippen molar-refractivity contribution < 1.29 is 4.79 Å². The fourth-order valence-corrected chi connectivity index (χ4v) is 3.80. The van der Waals surface area contributed by atoms with Crippen LogP contribution in [0.4, 0.5) is 5.82 Å². The molecule has 2 aliphatic rings. The van der Waals surface area contributed by atoms with Gasteiger partial charge in [0, 0.05) is 31.5 Å². The van der Waals surface area contributed by atoms with E-state index in [9.17, 15) is 4.79 Å². The van der Waals surface area contributed by atoms with E-state index in [1.165, 1.54) is 12.8 Å².